The maximum Gasteiger partial charge on any atom is 0.253 e. The van der Waals surface area contributed by atoms with Crippen LogP contribution in [0.1, 0.15) is 34.3 Å². The fraction of sp³-hybridized carbons (Fsp3) is 0.259. The maximum absolute atomic E-state index is 12.9. The zero-order valence-electron chi connectivity index (χ0n) is 18.8. The molecule has 1 aliphatic heterocycles. The van der Waals surface area contributed by atoms with Gasteiger partial charge in [-0.1, -0.05) is 41.1 Å². The number of hydrogen-bond donors (Lipinski definition) is 1. The summed E-state index contributed by atoms with van der Waals surface area (Å²) in [5.41, 5.74) is 3.88. The van der Waals surface area contributed by atoms with Gasteiger partial charge in [-0.05, 0) is 86.8 Å². The number of amides is 2. The molecule has 1 atom stereocenters. The third-order valence-corrected chi connectivity index (χ3v) is 7.29. The van der Waals surface area contributed by atoms with E-state index >= 15 is 0 Å². The van der Waals surface area contributed by atoms with E-state index in [-0.39, 0.29) is 17.7 Å². The van der Waals surface area contributed by atoms with Gasteiger partial charge in [-0.3, -0.25) is 9.59 Å². The summed E-state index contributed by atoms with van der Waals surface area (Å²) in [4.78, 5) is 29.8. The molecule has 0 aromatic heterocycles. The lowest BCUT2D eigenvalue weighted by atomic mass is 9.96. The zero-order valence-corrected chi connectivity index (χ0v) is 20.4. The minimum Gasteiger partial charge on any atom is -0.338 e. The Balaban J connectivity index is 1.35. The number of likely N-dealkylation sites (tertiary alicyclic amines) is 1. The van der Waals surface area contributed by atoms with Crippen molar-refractivity contribution in [2.45, 2.75) is 36.5 Å². The van der Waals surface area contributed by atoms with E-state index in [1.807, 2.05) is 24.3 Å². The van der Waals surface area contributed by atoms with Gasteiger partial charge in [-0.15, -0.1) is 0 Å². The van der Waals surface area contributed by atoms with Crippen molar-refractivity contribution in [3.63, 3.8) is 0 Å². The summed E-state index contributed by atoms with van der Waals surface area (Å²) in [6, 6.07) is 21.2. The molecule has 0 saturated carbocycles. The van der Waals surface area contributed by atoms with Gasteiger partial charge < -0.3 is 10.2 Å². The van der Waals surface area contributed by atoms with Crippen LogP contribution in [-0.4, -0.2) is 29.8 Å². The van der Waals surface area contributed by atoms with Crippen LogP contribution in [0.4, 0.5) is 5.69 Å². The van der Waals surface area contributed by atoms with Crippen LogP contribution in [0.2, 0.25) is 5.02 Å². The van der Waals surface area contributed by atoms with E-state index in [1.54, 1.807) is 40.9 Å². The van der Waals surface area contributed by atoms with Crippen molar-refractivity contribution in [1.82, 2.24) is 4.90 Å². The number of anilines is 1. The van der Waals surface area contributed by atoms with E-state index in [4.69, 9.17) is 11.6 Å². The Labute approximate surface area is 204 Å². The first-order chi connectivity index (χ1) is 15.9. The second kappa shape index (κ2) is 10.4. The van der Waals surface area contributed by atoms with Gasteiger partial charge in [0.15, 0.2) is 0 Å². The molecule has 0 unspecified atom stereocenters. The lowest BCUT2D eigenvalue weighted by Gasteiger charge is -2.32. The Hall–Kier alpha value is -2.76. The van der Waals surface area contributed by atoms with Crippen molar-refractivity contribution in [3.8, 4) is 0 Å². The number of nitrogens with zero attached hydrogens (tertiary/aromatic N) is 1. The number of nitrogens with one attached hydrogen (secondary N) is 1. The molecule has 0 bridgehead atoms. The lowest BCUT2D eigenvalue weighted by Crippen LogP contribution is -2.43. The number of rotatable bonds is 5. The van der Waals surface area contributed by atoms with Gasteiger partial charge in [0.05, 0.1) is 5.92 Å². The van der Waals surface area contributed by atoms with E-state index in [1.165, 1.54) is 16.0 Å². The standard InChI is InChI=1S/C27H27ClN2O2S/c1-18-5-14-25(19(2)16-18)33-24-12-10-23(11-13-24)29-26(31)21-4-3-15-30(17-21)27(32)20-6-8-22(28)9-7-20/h5-14,16,21H,3-4,15,17H2,1-2H3,(H,29,31)/t21-/m1/s1. The molecule has 1 saturated heterocycles. The first-order valence-electron chi connectivity index (χ1n) is 11.1. The highest BCUT2D eigenvalue weighted by atomic mass is 35.5. The molecule has 4 rings (SSSR count). The number of benzene rings is 3. The Kier molecular flexibility index (Phi) is 7.41. The second-order valence-electron chi connectivity index (χ2n) is 8.48. The molecule has 0 aliphatic carbocycles. The summed E-state index contributed by atoms with van der Waals surface area (Å²) >= 11 is 7.64. The summed E-state index contributed by atoms with van der Waals surface area (Å²) in [6.07, 6.45) is 1.58. The van der Waals surface area contributed by atoms with E-state index in [2.05, 4.69) is 37.4 Å². The second-order valence-corrected chi connectivity index (χ2v) is 10.0. The third-order valence-electron chi connectivity index (χ3n) is 5.85. The molecule has 1 fully saturated rings. The molecule has 3 aromatic carbocycles. The van der Waals surface area contributed by atoms with Gasteiger partial charge in [-0.2, -0.15) is 0 Å². The Morgan fingerprint density at radius 2 is 1.73 bits per heavy atom. The molecular weight excluding hydrogens is 452 g/mol. The van der Waals surface area contributed by atoms with Crippen molar-refractivity contribution in [3.05, 3.63) is 88.4 Å². The van der Waals surface area contributed by atoms with Crippen molar-refractivity contribution < 1.29 is 9.59 Å². The van der Waals surface area contributed by atoms with Gasteiger partial charge >= 0.3 is 0 Å². The Morgan fingerprint density at radius 1 is 1.00 bits per heavy atom. The summed E-state index contributed by atoms with van der Waals surface area (Å²) < 4.78 is 0. The van der Waals surface area contributed by atoms with Gasteiger partial charge in [0, 0.05) is 39.2 Å². The monoisotopic (exact) mass is 478 g/mol. The molecule has 33 heavy (non-hydrogen) atoms. The van der Waals surface area contributed by atoms with Crippen LogP contribution in [-0.2, 0) is 4.79 Å². The molecular formula is C27H27ClN2O2S. The minimum atomic E-state index is -0.223. The molecule has 0 spiro atoms. The molecule has 1 aliphatic rings. The Morgan fingerprint density at radius 3 is 2.42 bits per heavy atom. The van der Waals surface area contributed by atoms with E-state index in [0.717, 1.165) is 23.4 Å². The normalized spacial score (nSPS) is 15.8. The van der Waals surface area contributed by atoms with Gasteiger partial charge in [0.2, 0.25) is 5.91 Å². The summed E-state index contributed by atoms with van der Waals surface area (Å²) in [5, 5.41) is 3.62. The Bertz CT molecular complexity index is 1150. The number of carbonyl (C=O) groups excluding carboxylic acids is 2. The lowest BCUT2D eigenvalue weighted by molar-refractivity contribution is -0.121. The highest BCUT2D eigenvalue weighted by Gasteiger charge is 2.29. The molecule has 3 aromatic rings. The van der Waals surface area contributed by atoms with Gasteiger partial charge in [0.25, 0.3) is 5.91 Å². The topological polar surface area (TPSA) is 49.4 Å². The fourth-order valence-corrected chi connectivity index (χ4v) is 5.05. The molecule has 2 amide bonds. The predicted octanol–water partition coefficient (Wildman–Crippen LogP) is 6.60. The number of piperidine rings is 1. The molecule has 0 radical (unpaired) electrons. The van der Waals surface area contributed by atoms with Crippen molar-refractivity contribution in [2.75, 3.05) is 18.4 Å². The minimum absolute atomic E-state index is 0.0432. The van der Waals surface area contributed by atoms with Crippen LogP contribution in [0, 0.1) is 19.8 Å². The van der Waals surface area contributed by atoms with E-state index in [0.29, 0.717) is 23.7 Å². The van der Waals surface area contributed by atoms with Crippen LogP contribution < -0.4 is 5.32 Å². The fourth-order valence-electron chi connectivity index (χ4n) is 4.04. The molecule has 170 valence electrons. The predicted molar refractivity (Wildman–Crippen MR) is 135 cm³/mol. The number of aryl methyl sites for hydroxylation is 2. The smallest absolute Gasteiger partial charge is 0.253 e. The van der Waals surface area contributed by atoms with Crippen molar-refractivity contribution >= 4 is 40.9 Å². The van der Waals surface area contributed by atoms with Crippen molar-refractivity contribution in [1.29, 1.82) is 0 Å². The van der Waals surface area contributed by atoms with Crippen LogP contribution in [0.15, 0.2) is 76.5 Å². The third kappa shape index (κ3) is 5.98. The molecule has 1 heterocycles. The van der Waals surface area contributed by atoms with E-state index < -0.39 is 0 Å². The van der Waals surface area contributed by atoms with Crippen LogP contribution >= 0.6 is 23.4 Å². The number of carbonyl (C=O) groups is 2. The van der Waals surface area contributed by atoms with Gasteiger partial charge in [0.1, 0.15) is 0 Å². The molecule has 6 heteroatoms. The first-order valence-corrected chi connectivity index (χ1v) is 12.3. The molecule has 1 N–H and O–H groups in total. The van der Waals surface area contributed by atoms with Crippen LogP contribution in [0.5, 0.6) is 0 Å². The highest BCUT2D eigenvalue weighted by molar-refractivity contribution is 7.99. The summed E-state index contributed by atoms with van der Waals surface area (Å²) in [7, 11) is 0. The SMILES string of the molecule is Cc1ccc(Sc2ccc(NC(=O)[C@@H]3CCCN(C(=O)c4ccc(Cl)cc4)C3)cc2)c(C)c1. The highest BCUT2D eigenvalue weighted by Crippen LogP contribution is 2.31. The summed E-state index contributed by atoms with van der Waals surface area (Å²) in [5.74, 6) is -0.324. The van der Waals surface area contributed by atoms with Gasteiger partial charge in [-0.25, -0.2) is 0 Å². The maximum atomic E-state index is 12.9. The van der Waals surface area contributed by atoms with Crippen LogP contribution in [0.25, 0.3) is 0 Å². The number of halogens is 1. The van der Waals surface area contributed by atoms with E-state index in [9.17, 15) is 9.59 Å². The first kappa shape index (κ1) is 23.4. The molecule has 4 nitrogen and oxygen atoms in total. The quantitative estimate of drug-likeness (QED) is 0.449. The average Bonchev–Trinajstić information content (AvgIpc) is 2.82. The van der Waals surface area contributed by atoms with Crippen molar-refractivity contribution in [2.24, 2.45) is 5.92 Å². The number of hydrogen-bond acceptors (Lipinski definition) is 3. The van der Waals surface area contributed by atoms with Crippen LogP contribution in [0.3, 0.4) is 0 Å². The summed E-state index contributed by atoms with van der Waals surface area (Å²) in [6.45, 7) is 5.30. The average molecular weight is 479 g/mol. The largest absolute Gasteiger partial charge is 0.338 e. The zero-order chi connectivity index (χ0) is 23.4.